The third-order valence-electron chi connectivity index (χ3n) is 3.33. The van der Waals surface area contributed by atoms with Gasteiger partial charge in [0.1, 0.15) is 12.4 Å². The van der Waals surface area contributed by atoms with Gasteiger partial charge < -0.3 is 9.30 Å². The summed E-state index contributed by atoms with van der Waals surface area (Å²) in [5.74, 6) is 0.921. The fraction of sp³-hybridized carbons (Fsp3) is 0.176. The first kappa shape index (κ1) is 11.8. The molecule has 1 aromatic heterocycles. The number of aromatic nitrogens is 1. The van der Waals surface area contributed by atoms with Crippen LogP contribution in [-0.4, -0.2) is 4.57 Å². The molecule has 19 heavy (non-hydrogen) atoms. The molecule has 0 aliphatic rings. The average Bonchev–Trinajstić information content (AvgIpc) is 2.88. The van der Waals surface area contributed by atoms with Gasteiger partial charge in [-0.15, -0.1) is 0 Å². The van der Waals surface area contributed by atoms with Crippen molar-refractivity contribution in [3.05, 3.63) is 66.4 Å². The highest BCUT2D eigenvalue weighted by Gasteiger charge is 2.02. The van der Waals surface area contributed by atoms with Crippen LogP contribution in [0.25, 0.3) is 10.9 Å². The monoisotopic (exact) mass is 251 g/mol. The molecular formula is C17H17NO. The molecule has 0 atom stereocenters. The van der Waals surface area contributed by atoms with Crippen molar-refractivity contribution in [2.24, 2.45) is 0 Å². The van der Waals surface area contributed by atoms with E-state index < -0.39 is 0 Å². The topological polar surface area (TPSA) is 14.2 Å². The molecule has 0 N–H and O–H groups in total. The maximum atomic E-state index is 5.83. The van der Waals surface area contributed by atoms with Gasteiger partial charge in [0.25, 0.3) is 0 Å². The van der Waals surface area contributed by atoms with Crippen LogP contribution in [0.5, 0.6) is 5.75 Å². The van der Waals surface area contributed by atoms with Crippen LogP contribution < -0.4 is 4.74 Å². The quantitative estimate of drug-likeness (QED) is 0.676. The van der Waals surface area contributed by atoms with E-state index in [2.05, 4.69) is 48.0 Å². The van der Waals surface area contributed by atoms with E-state index in [-0.39, 0.29) is 0 Å². The Morgan fingerprint density at radius 1 is 1.00 bits per heavy atom. The van der Waals surface area contributed by atoms with Crippen molar-refractivity contribution in [1.29, 1.82) is 0 Å². The summed E-state index contributed by atoms with van der Waals surface area (Å²) in [6.45, 7) is 3.76. The van der Waals surface area contributed by atoms with E-state index in [1.54, 1.807) is 0 Å². The molecule has 0 fully saturated rings. The van der Waals surface area contributed by atoms with Gasteiger partial charge in [-0.25, -0.2) is 0 Å². The van der Waals surface area contributed by atoms with Gasteiger partial charge in [-0.3, -0.25) is 0 Å². The molecule has 3 aromatic rings. The van der Waals surface area contributed by atoms with Crippen LogP contribution in [0, 0.1) is 0 Å². The molecule has 1 heterocycles. The number of aryl methyl sites for hydroxylation is 1. The number of ether oxygens (including phenoxy) is 1. The Kier molecular flexibility index (Phi) is 3.23. The minimum absolute atomic E-state index is 0.612. The SMILES string of the molecule is CCn1ccc2cc(OCc3ccccc3)ccc21. The number of nitrogens with zero attached hydrogens (tertiary/aromatic N) is 1. The molecule has 2 heteroatoms. The first-order valence-corrected chi connectivity index (χ1v) is 6.62. The molecule has 3 rings (SSSR count). The summed E-state index contributed by atoms with van der Waals surface area (Å²) in [5.41, 5.74) is 2.45. The summed E-state index contributed by atoms with van der Waals surface area (Å²) in [6.07, 6.45) is 2.12. The van der Waals surface area contributed by atoms with Gasteiger partial charge in [-0.2, -0.15) is 0 Å². The molecule has 0 aliphatic carbocycles. The predicted octanol–water partition coefficient (Wildman–Crippen LogP) is 4.24. The van der Waals surface area contributed by atoms with Crippen LogP contribution in [0.2, 0.25) is 0 Å². The molecular weight excluding hydrogens is 234 g/mol. The Labute approximate surface area is 113 Å². The second-order valence-electron chi connectivity index (χ2n) is 4.60. The Morgan fingerprint density at radius 2 is 1.84 bits per heavy atom. The van der Waals surface area contributed by atoms with Crippen LogP contribution in [0.1, 0.15) is 12.5 Å². The Balaban J connectivity index is 1.78. The molecule has 2 aromatic carbocycles. The number of hydrogen-bond donors (Lipinski definition) is 0. The van der Waals surface area contributed by atoms with Crippen molar-refractivity contribution in [3.8, 4) is 5.75 Å². The molecule has 0 aliphatic heterocycles. The summed E-state index contributed by atoms with van der Waals surface area (Å²) in [6, 6.07) is 18.6. The number of benzene rings is 2. The van der Waals surface area contributed by atoms with Crippen LogP contribution in [0.15, 0.2) is 60.8 Å². The third kappa shape index (κ3) is 2.48. The zero-order valence-corrected chi connectivity index (χ0v) is 11.0. The van der Waals surface area contributed by atoms with Gasteiger partial charge >= 0.3 is 0 Å². The van der Waals surface area contributed by atoms with Gasteiger partial charge in [0.05, 0.1) is 0 Å². The van der Waals surface area contributed by atoms with Gasteiger partial charge in [0.2, 0.25) is 0 Å². The van der Waals surface area contributed by atoms with Crippen LogP contribution in [0.4, 0.5) is 0 Å². The first-order chi connectivity index (χ1) is 9.36. The molecule has 0 unspecified atom stereocenters. The number of hydrogen-bond acceptors (Lipinski definition) is 1. The van der Waals surface area contributed by atoms with E-state index in [0.717, 1.165) is 12.3 Å². The van der Waals surface area contributed by atoms with E-state index in [0.29, 0.717) is 6.61 Å². The Hall–Kier alpha value is -2.22. The second-order valence-corrected chi connectivity index (χ2v) is 4.60. The predicted molar refractivity (Wildman–Crippen MR) is 78.4 cm³/mol. The van der Waals surface area contributed by atoms with Crippen molar-refractivity contribution in [2.45, 2.75) is 20.1 Å². The van der Waals surface area contributed by atoms with Crippen LogP contribution >= 0.6 is 0 Å². The normalized spacial score (nSPS) is 10.8. The minimum Gasteiger partial charge on any atom is -0.489 e. The summed E-state index contributed by atoms with van der Waals surface area (Å²) >= 11 is 0. The largest absolute Gasteiger partial charge is 0.489 e. The van der Waals surface area contributed by atoms with Crippen molar-refractivity contribution in [2.75, 3.05) is 0 Å². The summed E-state index contributed by atoms with van der Waals surface area (Å²) in [7, 11) is 0. The lowest BCUT2D eigenvalue weighted by molar-refractivity contribution is 0.306. The van der Waals surface area contributed by atoms with Crippen molar-refractivity contribution in [3.63, 3.8) is 0 Å². The smallest absolute Gasteiger partial charge is 0.120 e. The second kappa shape index (κ2) is 5.19. The van der Waals surface area contributed by atoms with Crippen molar-refractivity contribution < 1.29 is 4.74 Å². The van der Waals surface area contributed by atoms with Crippen molar-refractivity contribution in [1.82, 2.24) is 4.57 Å². The molecule has 0 saturated carbocycles. The molecule has 0 bridgehead atoms. The van der Waals surface area contributed by atoms with E-state index in [1.165, 1.54) is 16.5 Å². The average molecular weight is 251 g/mol. The Morgan fingerprint density at radius 3 is 2.63 bits per heavy atom. The highest BCUT2D eigenvalue weighted by molar-refractivity contribution is 5.81. The zero-order chi connectivity index (χ0) is 13.1. The maximum absolute atomic E-state index is 5.83. The van der Waals surface area contributed by atoms with E-state index in [1.807, 2.05) is 24.3 Å². The van der Waals surface area contributed by atoms with Crippen LogP contribution in [0.3, 0.4) is 0 Å². The van der Waals surface area contributed by atoms with Gasteiger partial charge in [0, 0.05) is 23.6 Å². The highest BCUT2D eigenvalue weighted by Crippen LogP contribution is 2.22. The summed E-state index contributed by atoms with van der Waals surface area (Å²) in [5, 5.41) is 1.23. The standard InChI is InChI=1S/C17H17NO/c1-2-18-11-10-15-12-16(8-9-17(15)18)19-13-14-6-4-3-5-7-14/h3-12H,2,13H2,1H3. The molecule has 2 nitrogen and oxygen atoms in total. The van der Waals surface area contributed by atoms with E-state index in [9.17, 15) is 0 Å². The fourth-order valence-electron chi connectivity index (χ4n) is 2.28. The van der Waals surface area contributed by atoms with Gasteiger partial charge in [-0.1, -0.05) is 30.3 Å². The van der Waals surface area contributed by atoms with E-state index >= 15 is 0 Å². The maximum Gasteiger partial charge on any atom is 0.120 e. The van der Waals surface area contributed by atoms with E-state index in [4.69, 9.17) is 4.74 Å². The lowest BCUT2D eigenvalue weighted by atomic mass is 10.2. The molecule has 0 saturated heterocycles. The fourth-order valence-corrected chi connectivity index (χ4v) is 2.28. The molecule has 0 radical (unpaired) electrons. The lowest BCUT2D eigenvalue weighted by Crippen LogP contribution is -1.95. The number of fused-ring (bicyclic) bond motifs is 1. The molecule has 0 spiro atoms. The highest BCUT2D eigenvalue weighted by atomic mass is 16.5. The zero-order valence-electron chi connectivity index (χ0n) is 11.0. The first-order valence-electron chi connectivity index (χ1n) is 6.62. The Bertz CT molecular complexity index is 670. The molecule has 96 valence electrons. The van der Waals surface area contributed by atoms with Gasteiger partial charge in [0.15, 0.2) is 0 Å². The van der Waals surface area contributed by atoms with Gasteiger partial charge in [-0.05, 0) is 36.8 Å². The third-order valence-corrected chi connectivity index (χ3v) is 3.33. The molecule has 0 amide bonds. The minimum atomic E-state index is 0.612. The summed E-state index contributed by atoms with van der Waals surface area (Å²) in [4.78, 5) is 0. The summed E-state index contributed by atoms with van der Waals surface area (Å²) < 4.78 is 8.07. The lowest BCUT2D eigenvalue weighted by Gasteiger charge is -2.07. The van der Waals surface area contributed by atoms with Crippen LogP contribution in [-0.2, 0) is 13.2 Å². The van der Waals surface area contributed by atoms with Crippen molar-refractivity contribution >= 4 is 10.9 Å². The number of rotatable bonds is 4.